The Hall–Kier alpha value is -1.39. The maximum atomic E-state index is 10.6. The number of carboxylic acid groups (broad SMARTS) is 1. The number of carbonyl (C=O) groups is 1. The second-order valence-electron chi connectivity index (χ2n) is 7.30. The zero-order valence-electron chi connectivity index (χ0n) is 16.1. The van der Waals surface area contributed by atoms with Gasteiger partial charge in [0, 0.05) is 6.42 Å². The molecule has 0 aromatic rings. The molecule has 2 unspecified atom stereocenters. The first kappa shape index (κ1) is 22.7. The summed E-state index contributed by atoms with van der Waals surface area (Å²) >= 11 is 0. The quantitative estimate of drug-likeness (QED) is 0.348. The molecule has 0 aliphatic heterocycles. The molecule has 3 N–H and O–H groups in total. The summed E-state index contributed by atoms with van der Waals surface area (Å²) in [7, 11) is 0. The van der Waals surface area contributed by atoms with Crippen LogP contribution in [0.2, 0.25) is 0 Å². The normalized spacial score (nSPS) is 23.8. The van der Waals surface area contributed by atoms with E-state index in [2.05, 4.69) is 19.1 Å². The van der Waals surface area contributed by atoms with Gasteiger partial charge in [-0.25, -0.2) is 0 Å². The molecule has 1 saturated carbocycles. The minimum absolute atomic E-state index is 0.123. The number of allylic oxidation sites excluding steroid dienone is 4. The van der Waals surface area contributed by atoms with Gasteiger partial charge in [0.15, 0.2) is 0 Å². The van der Waals surface area contributed by atoms with Crippen molar-refractivity contribution in [3.05, 3.63) is 36.5 Å². The second kappa shape index (κ2) is 13.8. The third-order valence-electron chi connectivity index (χ3n) is 5.06. The average molecular weight is 365 g/mol. The molecule has 4 atom stereocenters. The summed E-state index contributed by atoms with van der Waals surface area (Å²) in [5.41, 5.74) is 0. The Balaban J connectivity index is 2.44. The maximum Gasteiger partial charge on any atom is 0.303 e. The Morgan fingerprint density at radius 3 is 2.65 bits per heavy atom. The highest BCUT2D eigenvalue weighted by Gasteiger charge is 2.28. The molecule has 1 fully saturated rings. The van der Waals surface area contributed by atoms with Crippen LogP contribution in [0.1, 0.15) is 71.1 Å². The van der Waals surface area contributed by atoms with E-state index in [4.69, 9.17) is 5.11 Å². The van der Waals surface area contributed by atoms with Crippen molar-refractivity contribution in [2.24, 2.45) is 11.8 Å². The summed E-state index contributed by atoms with van der Waals surface area (Å²) in [6.45, 7) is 2.13. The summed E-state index contributed by atoms with van der Waals surface area (Å²) in [5, 5.41) is 29.1. The summed E-state index contributed by atoms with van der Waals surface area (Å²) in [4.78, 5) is 10.6. The van der Waals surface area contributed by atoms with Crippen LogP contribution in [-0.4, -0.2) is 33.5 Å². The third-order valence-corrected chi connectivity index (χ3v) is 5.06. The lowest BCUT2D eigenvalue weighted by atomic mass is 9.75. The molecule has 0 radical (unpaired) electrons. The molecule has 0 heterocycles. The van der Waals surface area contributed by atoms with Crippen molar-refractivity contribution >= 4 is 5.97 Å². The van der Waals surface area contributed by atoms with Crippen molar-refractivity contribution in [3.8, 4) is 0 Å². The van der Waals surface area contributed by atoms with Gasteiger partial charge in [0.25, 0.3) is 0 Å². The second-order valence-corrected chi connectivity index (χ2v) is 7.30. The highest BCUT2D eigenvalue weighted by Crippen LogP contribution is 2.34. The fourth-order valence-corrected chi connectivity index (χ4v) is 3.58. The molecule has 1 aliphatic carbocycles. The van der Waals surface area contributed by atoms with Gasteiger partial charge in [-0.2, -0.15) is 0 Å². The lowest BCUT2D eigenvalue weighted by Gasteiger charge is -2.33. The molecule has 148 valence electrons. The first-order chi connectivity index (χ1) is 12.5. The van der Waals surface area contributed by atoms with E-state index in [-0.39, 0.29) is 12.3 Å². The largest absolute Gasteiger partial charge is 0.481 e. The van der Waals surface area contributed by atoms with E-state index in [0.29, 0.717) is 25.2 Å². The molecule has 0 spiro atoms. The van der Waals surface area contributed by atoms with Crippen LogP contribution in [0, 0.1) is 11.8 Å². The first-order valence-corrected chi connectivity index (χ1v) is 10.1. The fraction of sp³-hybridized carbons (Fsp3) is 0.682. The van der Waals surface area contributed by atoms with E-state index in [1.54, 1.807) is 6.08 Å². The summed E-state index contributed by atoms with van der Waals surface area (Å²) in [6.07, 6.45) is 19.4. The molecule has 4 nitrogen and oxygen atoms in total. The lowest BCUT2D eigenvalue weighted by Crippen LogP contribution is -2.30. The summed E-state index contributed by atoms with van der Waals surface area (Å²) in [5.74, 6) is -0.260. The predicted molar refractivity (Wildman–Crippen MR) is 106 cm³/mol. The SMILES string of the molecule is CCC/C=C\CC(O)/C=C/C=C/[C@H]1CCCC[C@H]1C(O)CCCC(=O)O. The third kappa shape index (κ3) is 9.93. The number of hydrogen-bond acceptors (Lipinski definition) is 3. The van der Waals surface area contributed by atoms with Crippen LogP contribution in [0.4, 0.5) is 0 Å². The van der Waals surface area contributed by atoms with Gasteiger partial charge in [0.2, 0.25) is 0 Å². The molecule has 0 amide bonds. The molecule has 0 bridgehead atoms. The Morgan fingerprint density at radius 1 is 1.15 bits per heavy atom. The van der Waals surface area contributed by atoms with Gasteiger partial charge >= 0.3 is 5.97 Å². The lowest BCUT2D eigenvalue weighted by molar-refractivity contribution is -0.137. The first-order valence-electron chi connectivity index (χ1n) is 10.1. The number of aliphatic hydroxyl groups is 2. The van der Waals surface area contributed by atoms with E-state index in [1.807, 2.05) is 18.2 Å². The smallest absolute Gasteiger partial charge is 0.303 e. The van der Waals surface area contributed by atoms with Gasteiger partial charge in [-0.1, -0.05) is 62.6 Å². The average Bonchev–Trinajstić information content (AvgIpc) is 2.62. The number of carboxylic acids is 1. The number of aliphatic hydroxyl groups excluding tert-OH is 2. The van der Waals surface area contributed by atoms with Gasteiger partial charge in [0.1, 0.15) is 0 Å². The van der Waals surface area contributed by atoms with Crippen LogP contribution < -0.4 is 0 Å². The minimum Gasteiger partial charge on any atom is -0.481 e. The standard InChI is InChI=1S/C22H36O4/c1-2-3-4-5-13-19(23)14-8-6-11-18-12-7-9-15-20(18)21(24)16-10-17-22(25)26/h4-6,8,11,14,18-21,23-24H,2-3,7,9-10,12-13,15-17H2,1H3,(H,25,26)/b5-4-,11-6+,14-8+/t18-,19?,20+,21?/m0/s1. The maximum absolute atomic E-state index is 10.6. The van der Waals surface area contributed by atoms with Gasteiger partial charge in [-0.05, 0) is 50.4 Å². The molecule has 0 aromatic carbocycles. The van der Waals surface area contributed by atoms with Gasteiger partial charge < -0.3 is 15.3 Å². The molecule has 1 rings (SSSR count). The van der Waals surface area contributed by atoms with Crippen LogP contribution >= 0.6 is 0 Å². The Morgan fingerprint density at radius 2 is 1.92 bits per heavy atom. The molecular formula is C22H36O4. The molecular weight excluding hydrogens is 328 g/mol. The Kier molecular flexibility index (Phi) is 12.0. The Labute approximate surface area is 158 Å². The van der Waals surface area contributed by atoms with Crippen LogP contribution in [0.25, 0.3) is 0 Å². The van der Waals surface area contributed by atoms with Gasteiger partial charge in [-0.3, -0.25) is 4.79 Å². The zero-order valence-corrected chi connectivity index (χ0v) is 16.1. The van der Waals surface area contributed by atoms with Crippen molar-refractivity contribution in [1.82, 2.24) is 0 Å². The molecule has 0 saturated heterocycles. The van der Waals surface area contributed by atoms with Crippen molar-refractivity contribution < 1.29 is 20.1 Å². The van der Waals surface area contributed by atoms with E-state index in [9.17, 15) is 15.0 Å². The van der Waals surface area contributed by atoms with Crippen molar-refractivity contribution in [3.63, 3.8) is 0 Å². The van der Waals surface area contributed by atoms with Gasteiger partial charge in [-0.15, -0.1) is 0 Å². The van der Waals surface area contributed by atoms with Crippen LogP contribution in [0.3, 0.4) is 0 Å². The van der Waals surface area contributed by atoms with Crippen LogP contribution in [0.5, 0.6) is 0 Å². The number of unbranched alkanes of at least 4 members (excludes halogenated alkanes) is 1. The number of hydrogen-bond donors (Lipinski definition) is 3. The summed E-state index contributed by atoms with van der Waals surface area (Å²) in [6, 6.07) is 0. The monoisotopic (exact) mass is 364 g/mol. The Bertz CT molecular complexity index is 467. The predicted octanol–water partition coefficient (Wildman–Crippen LogP) is 4.63. The zero-order chi connectivity index (χ0) is 19.2. The fourth-order valence-electron chi connectivity index (χ4n) is 3.58. The topological polar surface area (TPSA) is 77.8 Å². The van der Waals surface area contributed by atoms with E-state index in [1.165, 1.54) is 6.42 Å². The summed E-state index contributed by atoms with van der Waals surface area (Å²) < 4.78 is 0. The van der Waals surface area contributed by atoms with Crippen LogP contribution in [-0.2, 0) is 4.79 Å². The van der Waals surface area contributed by atoms with Gasteiger partial charge in [0.05, 0.1) is 12.2 Å². The molecule has 0 aromatic heterocycles. The van der Waals surface area contributed by atoms with Crippen molar-refractivity contribution in [2.45, 2.75) is 83.3 Å². The minimum atomic E-state index is -0.800. The highest BCUT2D eigenvalue weighted by molar-refractivity contribution is 5.66. The van der Waals surface area contributed by atoms with Crippen molar-refractivity contribution in [2.75, 3.05) is 0 Å². The van der Waals surface area contributed by atoms with Crippen LogP contribution in [0.15, 0.2) is 36.5 Å². The van der Waals surface area contributed by atoms with E-state index < -0.39 is 18.2 Å². The van der Waals surface area contributed by atoms with E-state index >= 15 is 0 Å². The molecule has 4 heteroatoms. The van der Waals surface area contributed by atoms with E-state index in [0.717, 1.165) is 32.1 Å². The number of aliphatic carboxylic acids is 1. The molecule has 1 aliphatic rings. The number of rotatable bonds is 12. The molecule has 26 heavy (non-hydrogen) atoms. The highest BCUT2D eigenvalue weighted by atomic mass is 16.4. The van der Waals surface area contributed by atoms with Crippen molar-refractivity contribution in [1.29, 1.82) is 0 Å².